The topological polar surface area (TPSA) is 0 Å². The van der Waals surface area contributed by atoms with E-state index in [-0.39, 0.29) is 0 Å². The van der Waals surface area contributed by atoms with E-state index >= 15 is 0 Å². The number of hydrogen-bond acceptors (Lipinski definition) is 0. The van der Waals surface area contributed by atoms with Crippen LogP contribution in [0.2, 0.25) is 0 Å². The minimum Gasteiger partial charge on any atom is -0.0984 e. The third-order valence-corrected chi connectivity index (χ3v) is 9.11. The van der Waals surface area contributed by atoms with Crippen LogP contribution in [0.3, 0.4) is 0 Å². The average Bonchev–Trinajstić information content (AvgIpc) is 3.48. The molecule has 8 rings (SSSR count). The fourth-order valence-corrected chi connectivity index (χ4v) is 7.52. The zero-order valence-corrected chi connectivity index (χ0v) is 22.5. The molecule has 0 N–H and O–H groups in total. The number of aryl methyl sites for hydroxylation is 1. The highest BCUT2D eigenvalue weighted by molar-refractivity contribution is 6.07. The summed E-state index contributed by atoms with van der Waals surface area (Å²) in [5.74, 6) is 0. The number of rotatable bonds is 3. The summed E-state index contributed by atoms with van der Waals surface area (Å²) >= 11 is 0. The first-order chi connectivity index (χ1) is 19.7. The van der Waals surface area contributed by atoms with E-state index in [0.717, 1.165) is 11.1 Å². The maximum absolute atomic E-state index is 4.36. The molecule has 0 heteroatoms. The van der Waals surface area contributed by atoms with E-state index in [9.17, 15) is 0 Å². The highest BCUT2D eigenvalue weighted by Crippen LogP contribution is 2.65. The lowest BCUT2D eigenvalue weighted by Gasteiger charge is -2.32. The van der Waals surface area contributed by atoms with E-state index in [1.165, 1.54) is 72.0 Å². The van der Waals surface area contributed by atoms with Crippen molar-refractivity contribution in [3.63, 3.8) is 0 Å². The molecule has 0 unspecified atom stereocenters. The van der Waals surface area contributed by atoms with Crippen molar-refractivity contribution in [1.82, 2.24) is 0 Å². The molecule has 0 nitrogen and oxygen atoms in total. The van der Waals surface area contributed by atoms with Crippen molar-refractivity contribution in [3.05, 3.63) is 167 Å². The van der Waals surface area contributed by atoms with E-state index in [1.807, 2.05) is 12.2 Å². The molecule has 2 aliphatic carbocycles. The van der Waals surface area contributed by atoms with Crippen LogP contribution < -0.4 is 0 Å². The molecular weight excluding hydrogens is 480 g/mol. The molecule has 0 saturated heterocycles. The second kappa shape index (κ2) is 8.28. The first-order valence-corrected chi connectivity index (χ1v) is 13.9. The molecule has 6 aromatic rings. The van der Waals surface area contributed by atoms with Crippen molar-refractivity contribution in [3.8, 4) is 33.4 Å². The Morgan fingerprint density at radius 3 is 1.85 bits per heavy atom. The number of benzene rings is 6. The second-order valence-corrected chi connectivity index (χ2v) is 11.0. The predicted octanol–water partition coefficient (Wildman–Crippen LogP) is 10.4. The maximum Gasteiger partial charge on any atom is 0.0731 e. The molecular formula is C40H28. The summed E-state index contributed by atoms with van der Waals surface area (Å²) < 4.78 is 0. The molecule has 0 fully saturated rings. The molecule has 0 heterocycles. The number of fused-ring (bicyclic) bond motifs is 12. The van der Waals surface area contributed by atoms with Crippen molar-refractivity contribution in [2.75, 3.05) is 0 Å². The van der Waals surface area contributed by atoms with Crippen molar-refractivity contribution < 1.29 is 0 Å². The lowest BCUT2D eigenvalue weighted by atomic mass is 9.68. The SMILES string of the molecule is C=Cc1c(-c2ccc(C)cc2)cc2c(c1C=C)-c1ccc3ccccc3c1C21c2ccccc2-c2ccccc21. The quantitative estimate of drug-likeness (QED) is 0.223. The zero-order valence-electron chi connectivity index (χ0n) is 22.5. The minimum atomic E-state index is -0.435. The normalized spacial score (nSPS) is 13.5. The summed E-state index contributed by atoms with van der Waals surface area (Å²) in [5, 5.41) is 2.56. The van der Waals surface area contributed by atoms with Gasteiger partial charge in [0.2, 0.25) is 0 Å². The van der Waals surface area contributed by atoms with Gasteiger partial charge < -0.3 is 0 Å². The fraction of sp³-hybridized carbons (Fsp3) is 0.0500. The van der Waals surface area contributed by atoms with Crippen LogP contribution in [0, 0.1) is 6.92 Å². The van der Waals surface area contributed by atoms with Crippen molar-refractivity contribution in [1.29, 1.82) is 0 Å². The Bertz CT molecular complexity index is 1990. The van der Waals surface area contributed by atoms with Crippen LogP contribution in [-0.2, 0) is 5.41 Å². The highest BCUT2D eigenvalue weighted by atomic mass is 14.5. The number of hydrogen-bond donors (Lipinski definition) is 0. The zero-order chi connectivity index (χ0) is 27.0. The molecule has 0 atom stereocenters. The highest BCUT2D eigenvalue weighted by Gasteiger charge is 2.53. The van der Waals surface area contributed by atoms with Crippen LogP contribution in [0.4, 0.5) is 0 Å². The largest absolute Gasteiger partial charge is 0.0984 e. The van der Waals surface area contributed by atoms with Crippen molar-refractivity contribution in [2.24, 2.45) is 0 Å². The third-order valence-electron chi connectivity index (χ3n) is 9.11. The first kappa shape index (κ1) is 23.0. The Labute approximate surface area is 235 Å². The maximum atomic E-state index is 4.36. The van der Waals surface area contributed by atoms with Gasteiger partial charge in [-0.1, -0.05) is 140 Å². The molecule has 0 saturated carbocycles. The van der Waals surface area contributed by atoms with Crippen LogP contribution >= 0.6 is 0 Å². The standard InChI is InChI=1S/C40H28/c1-4-28-29(5-2)38-33-23-22-26-12-6-7-13-30(26)39(33)40(37(38)24-34(28)27-20-18-25(3)19-21-27)35-16-10-8-14-31(35)32-15-9-11-17-36(32)40/h4-24H,1-2H2,3H3. The summed E-state index contributed by atoms with van der Waals surface area (Å²) in [6.45, 7) is 10.8. The van der Waals surface area contributed by atoms with Crippen LogP contribution in [0.1, 0.15) is 38.9 Å². The lowest BCUT2D eigenvalue weighted by Crippen LogP contribution is -2.26. The fourth-order valence-electron chi connectivity index (χ4n) is 7.52. The van der Waals surface area contributed by atoms with Crippen LogP contribution in [0.25, 0.3) is 56.3 Å². The van der Waals surface area contributed by atoms with Gasteiger partial charge in [0.15, 0.2) is 0 Å². The van der Waals surface area contributed by atoms with Gasteiger partial charge in [-0.2, -0.15) is 0 Å². The van der Waals surface area contributed by atoms with Gasteiger partial charge in [-0.15, -0.1) is 0 Å². The van der Waals surface area contributed by atoms with Gasteiger partial charge >= 0.3 is 0 Å². The molecule has 0 radical (unpaired) electrons. The van der Waals surface area contributed by atoms with Gasteiger partial charge in [-0.3, -0.25) is 0 Å². The molecule has 6 aromatic carbocycles. The van der Waals surface area contributed by atoms with Gasteiger partial charge in [-0.25, -0.2) is 0 Å². The van der Waals surface area contributed by atoms with Crippen molar-refractivity contribution >= 4 is 22.9 Å². The van der Waals surface area contributed by atoms with Crippen LogP contribution in [-0.4, -0.2) is 0 Å². The predicted molar refractivity (Wildman–Crippen MR) is 171 cm³/mol. The summed E-state index contributed by atoms with van der Waals surface area (Å²) in [6.07, 6.45) is 4.05. The van der Waals surface area contributed by atoms with E-state index in [4.69, 9.17) is 0 Å². The summed E-state index contributed by atoms with van der Waals surface area (Å²) in [5.41, 5.74) is 16.1. The summed E-state index contributed by atoms with van der Waals surface area (Å²) in [7, 11) is 0. The van der Waals surface area contributed by atoms with Gasteiger partial charge in [0.1, 0.15) is 0 Å². The first-order valence-electron chi connectivity index (χ1n) is 13.9. The summed E-state index contributed by atoms with van der Waals surface area (Å²) in [4.78, 5) is 0. The summed E-state index contributed by atoms with van der Waals surface area (Å²) in [6, 6.07) is 42.8. The lowest BCUT2D eigenvalue weighted by molar-refractivity contribution is 0.801. The Balaban J connectivity index is 1.63. The Morgan fingerprint density at radius 1 is 0.550 bits per heavy atom. The third kappa shape index (κ3) is 2.75. The average molecular weight is 509 g/mol. The van der Waals surface area contributed by atoms with Crippen LogP contribution in [0.15, 0.2) is 128 Å². The molecule has 2 aliphatic rings. The molecule has 0 aromatic heterocycles. The van der Waals surface area contributed by atoms with Crippen molar-refractivity contribution in [2.45, 2.75) is 12.3 Å². The van der Waals surface area contributed by atoms with Gasteiger partial charge in [-0.05, 0) is 90.5 Å². The Morgan fingerprint density at radius 2 is 1.18 bits per heavy atom. The molecule has 40 heavy (non-hydrogen) atoms. The smallest absolute Gasteiger partial charge is 0.0731 e. The van der Waals surface area contributed by atoms with E-state index < -0.39 is 5.41 Å². The Kier molecular flexibility index (Phi) is 4.76. The van der Waals surface area contributed by atoms with E-state index in [2.05, 4.69) is 135 Å². The second-order valence-electron chi connectivity index (χ2n) is 11.0. The monoisotopic (exact) mass is 508 g/mol. The van der Waals surface area contributed by atoms with Gasteiger partial charge in [0.05, 0.1) is 5.41 Å². The molecule has 0 amide bonds. The van der Waals surface area contributed by atoms with Crippen LogP contribution in [0.5, 0.6) is 0 Å². The molecule has 0 bridgehead atoms. The Hall–Kier alpha value is -4.94. The minimum absolute atomic E-state index is 0.435. The van der Waals surface area contributed by atoms with Gasteiger partial charge in [0.25, 0.3) is 0 Å². The van der Waals surface area contributed by atoms with E-state index in [0.29, 0.717) is 0 Å². The van der Waals surface area contributed by atoms with E-state index in [1.54, 1.807) is 0 Å². The van der Waals surface area contributed by atoms with Gasteiger partial charge in [0, 0.05) is 0 Å². The molecule has 0 aliphatic heterocycles. The molecule has 188 valence electrons. The molecule has 1 spiro atoms.